The summed E-state index contributed by atoms with van der Waals surface area (Å²) >= 11 is 0. The van der Waals surface area contributed by atoms with Gasteiger partial charge >= 0.3 is 0 Å². The second-order valence-electron chi connectivity index (χ2n) is 1.82. The van der Waals surface area contributed by atoms with Gasteiger partial charge in [0, 0.05) is 12.1 Å². The van der Waals surface area contributed by atoms with E-state index in [4.69, 9.17) is 5.41 Å². The minimum absolute atomic E-state index is 0.877. The molecule has 0 saturated carbocycles. The average Bonchev–Trinajstić information content (AvgIpc) is 1.69. The minimum atomic E-state index is 0.877. The second-order valence-corrected chi connectivity index (χ2v) is 1.82. The van der Waals surface area contributed by atoms with Gasteiger partial charge in [-0.3, -0.25) is 0 Å². The predicted octanol–water partition coefficient (Wildman–Crippen LogP) is 1.75. The van der Waals surface area contributed by atoms with Gasteiger partial charge in [0.1, 0.15) is 0 Å². The van der Waals surface area contributed by atoms with Crippen molar-refractivity contribution in [2.45, 2.75) is 19.3 Å². The van der Waals surface area contributed by atoms with Gasteiger partial charge in [-0.05, 0) is 12.8 Å². The molecule has 0 aliphatic heterocycles. The molecule has 1 heteroatoms. The summed E-state index contributed by atoms with van der Waals surface area (Å²) in [4.78, 5) is 0. The molecule has 0 aromatic rings. The quantitative estimate of drug-likeness (QED) is 0.443. The zero-order valence-electron chi connectivity index (χ0n) is 4.28. The highest BCUT2D eigenvalue weighted by Crippen LogP contribution is 2.04. The Morgan fingerprint density at radius 1 is 1.43 bits per heavy atom. The summed E-state index contributed by atoms with van der Waals surface area (Å²) in [6.45, 7) is 0. The maximum atomic E-state index is 7.14. The lowest BCUT2D eigenvalue weighted by Gasteiger charge is -2.01. The van der Waals surface area contributed by atoms with Crippen molar-refractivity contribution < 1.29 is 0 Å². The molecule has 0 aromatic heterocycles. The third-order valence-corrected chi connectivity index (χ3v) is 1.14. The molecular formula is C6H9N. The Hall–Kier alpha value is -0.590. The van der Waals surface area contributed by atoms with Crippen molar-refractivity contribution in [3.05, 3.63) is 12.2 Å². The molecule has 1 nitrogen and oxygen atoms in total. The van der Waals surface area contributed by atoms with E-state index in [1.54, 1.807) is 0 Å². The highest BCUT2D eigenvalue weighted by molar-refractivity contribution is 5.83. The Labute approximate surface area is 43.6 Å². The van der Waals surface area contributed by atoms with Gasteiger partial charge in [0.05, 0.1) is 0 Å². The van der Waals surface area contributed by atoms with Crippen LogP contribution in [0.2, 0.25) is 0 Å². The summed E-state index contributed by atoms with van der Waals surface area (Å²) in [6.07, 6.45) is 7.15. The first-order valence-corrected chi connectivity index (χ1v) is 2.61. The Morgan fingerprint density at radius 2 is 2.29 bits per heavy atom. The van der Waals surface area contributed by atoms with Crippen LogP contribution in [-0.2, 0) is 0 Å². The van der Waals surface area contributed by atoms with Crippen LogP contribution in [0.25, 0.3) is 0 Å². The van der Waals surface area contributed by atoms with Crippen LogP contribution in [0.1, 0.15) is 19.3 Å². The molecule has 38 valence electrons. The van der Waals surface area contributed by atoms with Crippen molar-refractivity contribution in [3.8, 4) is 0 Å². The largest absolute Gasteiger partial charge is 0.309 e. The zero-order chi connectivity index (χ0) is 5.11. The molecule has 7 heavy (non-hydrogen) atoms. The molecule has 0 fully saturated rings. The highest BCUT2D eigenvalue weighted by atomic mass is 14.4. The molecular weight excluding hydrogens is 86.1 g/mol. The molecule has 0 amide bonds. The fourth-order valence-electron chi connectivity index (χ4n) is 0.703. The standard InChI is InChI=1S/C6H9N/c7-6-4-2-1-3-5-6/h1-2,7H,3-5H2. The van der Waals surface area contributed by atoms with Crippen LogP contribution in [-0.4, -0.2) is 5.71 Å². The van der Waals surface area contributed by atoms with Gasteiger partial charge in [-0.2, -0.15) is 0 Å². The van der Waals surface area contributed by atoms with Crippen LogP contribution >= 0.6 is 0 Å². The molecule has 0 unspecified atom stereocenters. The molecule has 1 rings (SSSR count). The summed E-state index contributed by atoms with van der Waals surface area (Å²) in [7, 11) is 0. The summed E-state index contributed by atoms with van der Waals surface area (Å²) in [5.74, 6) is 0. The third-order valence-electron chi connectivity index (χ3n) is 1.14. The molecule has 1 aliphatic carbocycles. The van der Waals surface area contributed by atoms with Crippen molar-refractivity contribution in [1.29, 1.82) is 5.41 Å². The number of hydrogen-bond donors (Lipinski definition) is 1. The van der Waals surface area contributed by atoms with Crippen molar-refractivity contribution in [2.24, 2.45) is 0 Å². The predicted molar refractivity (Wildman–Crippen MR) is 30.7 cm³/mol. The lowest BCUT2D eigenvalue weighted by molar-refractivity contribution is 1.02. The van der Waals surface area contributed by atoms with Crippen molar-refractivity contribution in [1.82, 2.24) is 0 Å². The average molecular weight is 95.1 g/mol. The molecule has 0 aromatic carbocycles. The van der Waals surface area contributed by atoms with Gasteiger partial charge in [0.2, 0.25) is 0 Å². The number of allylic oxidation sites excluding steroid dienone is 2. The zero-order valence-corrected chi connectivity index (χ0v) is 4.28. The maximum Gasteiger partial charge on any atom is 0.0130 e. The monoisotopic (exact) mass is 95.1 g/mol. The Balaban J connectivity index is 2.47. The van der Waals surface area contributed by atoms with E-state index in [1.807, 2.05) is 0 Å². The lowest BCUT2D eigenvalue weighted by Crippen LogP contribution is -1.96. The third kappa shape index (κ3) is 1.15. The molecule has 1 N–H and O–H groups in total. The van der Waals surface area contributed by atoms with Gasteiger partial charge in [0.25, 0.3) is 0 Å². The van der Waals surface area contributed by atoms with Gasteiger partial charge < -0.3 is 5.41 Å². The molecule has 0 saturated heterocycles. The smallest absolute Gasteiger partial charge is 0.0130 e. The van der Waals surface area contributed by atoms with Gasteiger partial charge in [-0.15, -0.1) is 0 Å². The first-order chi connectivity index (χ1) is 3.39. The van der Waals surface area contributed by atoms with Crippen LogP contribution in [0, 0.1) is 5.41 Å². The molecule has 1 aliphatic rings. The van der Waals surface area contributed by atoms with E-state index < -0.39 is 0 Å². The second kappa shape index (κ2) is 1.92. The van der Waals surface area contributed by atoms with E-state index in [9.17, 15) is 0 Å². The van der Waals surface area contributed by atoms with Crippen LogP contribution in [0.3, 0.4) is 0 Å². The summed E-state index contributed by atoms with van der Waals surface area (Å²) in [5.41, 5.74) is 0.877. The molecule has 0 atom stereocenters. The van der Waals surface area contributed by atoms with E-state index in [-0.39, 0.29) is 0 Å². The van der Waals surface area contributed by atoms with Crippen LogP contribution in [0.5, 0.6) is 0 Å². The van der Waals surface area contributed by atoms with E-state index in [0.717, 1.165) is 25.0 Å². The van der Waals surface area contributed by atoms with Crippen molar-refractivity contribution >= 4 is 5.71 Å². The Morgan fingerprint density at radius 3 is 2.57 bits per heavy atom. The molecule has 0 radical (unpaired) electrons. The van der Waals surface area contributed by atoms with E-state index >= 15 is 0 Å². The summed E-state index contributed by atoms with van der Waals surface area (Å²) in [5, 5.41) is 7.14. The van der Waals surface area contributed by atoms with Crippen molar-refractivity contribution in [2.75, 3.05) is 0 Å². The summed E-state index contributed by atoms with van der Waals surface area (Å²) in [6, 6.07) is 0. The van der Waals surface area contributed by atoms with Gasteiger partial charge in [-0.25, -0.2) is 0 Å². The summed E-state index contributed by atoms with van der Waals surface area (Å²) < 4.78 is 0. The first-order valence-electron chi connectivity index (χ1n) is 2.61. The normalized spacial score (nSPS) is 20.3. The van der Waals surface area contributed by atoms with E-state index in [0.29, 0.717) is 0 Å². The van der Waals surface area contributed by atoms with Crippen LogP contribution in [0.4, 0.5) is 0 Å². The van der Waals surface area contributed by atoms with E-state index in [1.165, 1.54) is 0 Å². The van der Waals surface area contributed by atoms with Gasteiger partial charge in [-0.1, -0.05) is 12.2 Å². The molecule has 0 bridgehead atoms. The number of hydrogen-bond acceptors (Lipinski definition) is 1. The highest BCUT2D eigenvalue weighted by Gasteiger charge is 1.95. The minimum Gasteiger partial charge on any atom is -0.309 e. The van der Waals surface area contributed by atoms with E-state index in [2.05, 4.69) is 12.2 Å². The Bertz CT molecular complexity index is 103. The van der Waals surface area contributed by atoms with Crippen LogP contribution in [0.15, 0.2) is 12.2 Å². The van der Waals surface area contributed by atoms with Crippen LogP contribution < -0.4 is 0 Å². The lowest BCUT2D eigenvalue weighted by atomic mass is 10.1. The molecule has 0 heterocycles. The molecule has 0 spiro atoms. The fourth-order valence-corrected chi connectivity index (χ4v) is 0.703. The number of rotatable bonds is 0. The maximum absolute atomic E-state index is 7.14. The first kappa shape index (κ1) is 4.57. The fraction of sp³-hybridized carbons (Fsp3) is 0.500. The Kier molecular flexibility index (Phi) is 1.25. The SMILES string of the molecule is N=C1CC=CCC1. The number of nitrogens with one attached hydrogen (secondary N) is 1. The van der Waals surface area contributed by atoms with Crippen molar-refractivity contribution in [3.63, 3.8) is 0 Å². The van der Waals surface area contributed by atoms with Gasteiger partial charge in [0.15, 0.2) is 0 Å². The topological polar surface area (TPSA) is 23.9 Å².